The number of hydrogen-bond acceptors (Lipinski definition) is 0. The summed E-state index contributed by atoms with van der Waals surface area (Å²) in [6.45, 7) is 14.5. The van der Waals surface area contributed by atoms with Gasteiger partial charge in [-0.15, -0.1) is 0 Å². The molecule has 104 valence electrons. The molecule has 0 aliphatic rings. The van der Waals surface area contributed by atoms with Crippen LogP contribution in [0.2, 0.25) is 0 Å². The molecule has 0 nitrogen and oxygen atoms in total. The summed E-state index contributed by atoms with van der Waals surface area (Å²) in [6, 6.07) is 10.6. The first-order valence-electron chi connectivity index (χ1n) is 7.18. The number of rotatable bonds is 5. The average Bonchev–Trinajstić information content (AvgIpc) is 2.46. The Morgan fingerprint density at radius 2 is 1.74 bits per heavy atom. The van der Waals surface area contributed by atoms with E-state index in [0.29, 0.717) is 0 Å². The van der Waals surface area contributed by atoms with Crippen molar-refractivity contribution in [3.8, 4) is 0 Å². The van der Waals surface area contributed by atoms with Gasteiger partial charge in [0, 0.05) is 5.41 Å². The van der Waals surface area contributed by atoms with Crippen molar-refractivity contribution < 1.29 is 0 Å². The molecule has 0 aliphatic heterocycles. The first-order valence-corrected chi connectivity index (χ1v) is 7.18. The second-order valence-electron chi connectivity index (χ2n) is 4.65. The lowest BCUT2D eigenvalue weighted by atomic mass is 9.77. The molecule has 0 heteroatoms. The van der Waals surface area contributed by atoms with Gasteiger partial charge in [-0.25, -0.2) is 0 Å². The highest BCUT2D eigenvalue weighted by Crippen LogP contribution is 2.31. The molecule has 0 bridgehead atoms. The molecule has 1 aromatic rings. The van der Waals surface area contributed by atoms with Crippen LogP contribution in [0.4, 0.5) is 0 Å². The van der Waals surface area contributed by atoms with Gasteiger partial charge in [-0.2, -0.15) is 0 Å². The summed E-state index contributed by atoms with van der Waals surface area (Å²) in [4.78, 5) is 0. The van der Waals surface area contributed by atoms with Gasteiger partial charge in [-0.05, 0) is 17.6 Å². The van der Waals surface area contributed by atoms with E-state index in [1.807, 2.05) is 26.0 Å². The zero-order valence-corrected chi connectivity index (χ0v) is 13.1. The van der Waals surface area contributed by atoms with Crippen LogP contribution in [0.3, 0.4) is 0 Å². The van der Waals surface area contributed by atoms with Gasteiger partial charge in [-0.3, -0.25) is 0 Å². The summed E-state index contributed by atoms with van der Waals surface area (Å²) in [5.41, 5.74) is 2.56. The van der Waals surface area contributed by atoms with E-state index in [9.17, 15) is 0 Å². The van der Waals surface area contributed by atoms with E-state index in [0.717, 1.165) is 6.42 Å². The second-order valence-corrected chi connectivity index (χ2v) is 4.65. The summed E-state index contributed by atoms with van der Waals surface area (Å²) in [5.74, 6) is 0. The van der Waals surface area contributed by atoms with Crippen molar-refractivity contribution in [2.24, 2.45) is 0 Å². The Hall–Kier alpha value is -1.56. The van der Waals surface area contributed by atoms with E-state index in [2.05, 4.69) is 69.8 Å². The van der Waals surface area contributed by atoms with Crippen molar-refractivity contribution in [2.75, 3.05) is 0 Å². The third-order valence-corrected chi connectivity index (χ3v) is 3.08. The van der Waals surface area contributed by atoms with Crippen LogP contribution < -0.4 is 0 Å². The van der Waals surface area contributed by atoms with E-state index in [-0.39, 0.29) is 5.41 Å². The number of hydrogen-bond donors (Lipinski definition) is 0. The van der Waals surface area contributed by atoms with Gasteiger partial charge in [0.05, 0.1) is 0 Å². The molecule has 0 spiro atoms. The largest absolute Gasteiger partial charge is 0.0988 e. The standard InChI is InChI=1S/C17H22.C2H6/c1-5-7-9-12-15(6-2)17(3,4)16-13-10-8-11-14-16;1-2/h6-14H,2,5H2,1,3-4H3;1-2H3/b9-7-,15-12+;. The zero-order valence-electron chi connectivity index (χ0n) is 13.1. The fourth-order valence-electron chi connectivity index (χ4n) is 1.86. The average molecular weight is 256 g/mol. The Balaban J connectivity index is 0.00000154. The van der Waals surface area contributed by atoms with Crippen LogP contribution in [-0.4, -0.2) is 0 Å². The van der Waals surface area contributed by atoms with Crippen LogP contribution in [0.25, 0.3) is 0 Å². The molecule has 0 saturated heterocycles. The molecule has 0 fully saturated rings. The number of benzene rings is 1. The maximum Gasteiger partial charge on any atom is 0.0146 e. The highest BCUT2D eigenvalue weighted by molar-refractivity contribution is 5.40. The summed E-state index contributed by atoms with van der Waals surface area (Å²) < 4.78 is 0. The van der Waals surface area contributed by atoms with Gasteiger partial charge in [0.2, 0.25) is 0 Å². The Morgan fingerprint density at radius 3 is 2.21 bits per heavy atom. The van der Waals surface area contributed by atoms with E-state index in [1.54, 1.807) is 0 Å². The van der Waals surface area contributed by atoms with E-state index >= 15 is 0 Å². The minimum atomic E-state index is 0.00108. The summed E-state index contributed by atoms with van der Waals surface area (Å²) in [6.07, 6.45) is 9.44. The third kappa shape index (κ3) is 5.30. The fourth-order valence-corrected chi connectivity index (χ4v) is 1.86. The van der Waals surface area contributed by atoms with E-state index in [1.165, 1.54) is 11.1 Å². The van der Waals surface area contributed by atoms with Gasteiger partial charge < -0.3 is 0 Å². The quantitative estimate of drug-likeness (QED) is 0.561. The van der Waals surface area contributed by atoms with Gasteiger partial charge >= 0.3 is 0 Å². The second kappa shape index (κ2) is 9.38. The third-order valence-electron chi connectivity index (χ3n) is 3.08. The van der Waals surface area contributed by atoms with E-state index < -0.39 is 0 Å². The molecule has 1 rings (SSSR count). The molecule has 19 heavy (non-hydrogen) atoms. The summed E-state index contributed by atoms with van der Waals surface area (Å²) in [5, 5.41) is 0. The van der Waals surface area contributed by atoms with Crippen LogP contribution in [-0.2, 0) is 5.41 Å². The van der Waals surface area contributed by atoms with Crippen molar-refractivity contribution in [3.63, 3.8) is 0 Å². The van der Waals surface area contributed by atoms with Crippen molar-refractivity contribution >= 4 is 0 Å². The van der Waals surface area contributed by atoms with Crippen LogP contribution in [0.15, 0.2) is 66.8 Å². The first kappa shape index (κ1) is 17.4. The molecular weight excluding hydrogens is 228 g/mol. The van der Waals surface area contributed by atoms with Crippen LogP contribution >= 0.6 is 0 Å². The minimum absolute atomic E-state index is 0.00108. The van der Waals surface area contributed by atoms with Gasteiger partial charge in [0.15, 0.2) is 0 Å². The first-order chi connectivity index (χ1) is 9.12. The molecule has 0 atom stereocenters. The van der Waals surface area contributed by atoms with E-state index in [4.69, 9.17) is 0 Å². The summed E-state index contributed by atoms with van der Waals surface area (Å²) in [7, 11) is 0. The molecule has 0 radical (unpaired) electrons. The molecule has 0 aromatic heterocycles. The minimum Gasteiger partial charge on any atom is -0.0988 e. The lowest BCUT2D eigenvalue weighted by Gasteiger charge is -2.26. The molecule has 1 aromatic carbocycles. The fraction of sp³-hybridized carbons (Fsp3) is 0.368. The SMILES string of the molecule is C=C/C(=C\C=C/CC)C(C)(C)c1ccccc1.CC. The van der Waals surface area contributed by atoms with Crippen molar-refractivity contribution in [3.05, 3.63) is 72.4 Å². The lowest BCUT2D eigenvalue weighted by Crippen LogP contribution is -2.19. The Morgan fingerprint density at radius 1 is 1.16 bits per heavy atom. The smallest absolute Gasteiger partial charge is 0.0146 e. The lowest BCUT2D eigenvalue weighted by molar-refractivity contribution is 0.639. The maximum atomic E-state index is 3.93. The van der Waals surface area contributed by atoms with Crippen LogP contribution in [0.1, 0.15) is 46.6 Å². The van der Waals surface area contributed by atoms with Crippen LogP contribution in [0, 0.1) is 0 Å². The molecule has 0 saturated carbocycles. The van der Waals surface area contributed by atoms with Gasteiger partial charge in [0.25, 0.3) is 0 Å². The molecule has 0 heterocycles. The van der Waals surface area contributed by atoms with Gasteiger partial charge in [0.1, 0.15) is 0 Å². The predicted molar refractivity (Wildman–Crippen MR) is 88.5 cm³/mol. The van der Waals surface area contributed by atoms with Crippen molar-refractivity contribution in [2.45, 2.75) is 46.5 Å². The monoisotopic (exact) mass is 256 g/mol. The number of allylic oxidation sites excluding steroid dienone is 5. The molecule has 0 amide bonds. The van der Waals surface area contributed by atoms with Crippen molar-refractivity contribution in [1.29, 1.82) is 0 Å². The Bertz CT molecular complexity index is 405. The van der Waals surface area contributed by atoms with Crippen LogP contribution in [0.5, 0.6) is 0 Å². The normalized spacial score (nSPS) is 11.9. The predicted octanol–water partition coefficient (Wildman–Crippen LogP) is 6.07. The molecule has 0 N–H and O–H groups in total. The Labute approximate surface area is 119 Å². The van der Waals surface area contributed by atoms with Crippen molar-refractivity contribution in [1.82, 2.24) is 0 Å². The molecule has 0 aliphatic carbocycles. The summed E-state index contributed by atoms with van der Waals surface area (Å²) >= 11 is 0. The zero-order chi connectivity index (χ0) is 14.7. The molecular formula is C19H28. The molecule has 0 unspecified atom stereocenters. The highest BCUT2D eigenvalue weighted by Gasteiger charge is 2.22. The Kier molecular flexibility index (Phi) is 8.61. The highest BCUT2D eigenvalue weighted by atomic mass is 14.3. The maximum absolute atomic E-state index is 3.93. The van der Waals surface area contributed by atoms with Gasteiger partial charge in [-0.1, -0.05) is 95.8 Å². The topological polar surface area (TPSA) is 0 Å².